The molecule has 4 heteroatoms. The van der Waals surface area contributed by atoms with Gasteiger partial charge in [0.05, 0.1) is 0 Å². The van der Waals surface area contributed by atoms with Crippen molar-refractivity contribution in [3.63, 3.8) is 0 Å². The summed E-state index contributed by atoms with van der Waals surface area (Å²) in [5.74, 6) is 1.34. The fourth-order valence-corrected chi connectivity index (χ4v) is 1.96. The van der Waals surface area contributed by atoms with Crippen LogP contribution in [0.3, 0.4) is 0 Å². The van der Waals surface area contributed by atoms with E-state index in [-0.39, 0.29) is 0 Å². The molecule has 4 nitrogen and oxygen atoms in total. The molecule has 0 spiro atoms. The second-order valence-electron chi connectivity index (χ2n) is 5.13. The summed E-state index contributed by atoms with van der Waals surface area (Å²) in [6.45, 7) is 8.20. The summed E-state index contributed by atoms with van der Waals surface area (Å²) in [6, 6.07) is 8.52. The van der Waals surface area contributed by atoms with Gasteiger partial charge >= 0.3 is 6.01 Å². The lowest BCUT2D eigenvalue weighted by Crippen LogP contribution is -2.12. The van der Waals surface area contributed by atoms with E-state index in [4.69, 9.17) is 4.74 Å². The molecule has 0 radical (unpaired) electrons. The first-order valence-electron chi connectivity index (χ1n) is 7.52. The third-order valence-electron chi connectivity index (χ3n) is 3.53. The normalized spacial score (nSPS) is 12.1. The maximum atomic E-state index is 5.66. The molecule has 112 valence electrons. The van der Waals surface area contributed by atoms with E-state index in [2.05, 4.69) is 48.2 Å². The van der Waals surface area contributed by atoms with Crippen LogP contribution in [0.4, 0.5) is 0 Å². The van der Waals surface area contributed by atoms with Crippen LogP contribution in [-0.4, -0.2) is 16.5 Å². The Hall–Kier alpha value is -1.94. The SMILES string of the molecule is CCNCc1cnc(Oc2ccc(C(C)CC)cc2)nc1. The van der Waals surface area contributed by atoms with Crippen LogP contribution < -0.4 is 10.1 Å². The average molecular weight is 285 g/mol. The average Bonchev–Trinajstić information content (AvgIpc) is 2.54. The highest BCUT2D eigenvalue weighted by molar-refractivity contribution is 5.30. The second kappa shape index (κ2) is 7.74. The molecule has 0 amide bonds. The smallest absolute Gasteiger partial charge is 0.321 e. The molecule has 1 heterocycles. The molecule has 0 saturated heterocycles. The van der Waals surface area contributed by atoms with Gasteiger partial charge in [-0.2, -0.15) is 0 Å². The van der Waals surface area contributed by atoms with Crippen molar-refractivity contribution < 1.29 is 4.74 Å². The Kier molecular flexibility index (Phi) is 5.69. The quantitative estimate of drug-likeness (QED) is 0.838. The van der Waals surface area contributed by atoms with E-state index < -0.39 is 0 Å². The number of aromatic nitrogens is 2. The minimum Gasteiger partial charge on any atom is -0.424 e. The molecule has 0 aliphatic carbocycles. The summed E-state index contributed by atoms with van der Waals surface area (Å²) in [4.78, 5) is 8.45. The van der Waals surface area contributed by atoms with E-state index in [1.54, 1.807) is 12.4 Å². The zero-order valence-electron chi connectivity index (χ0n) is 13.0. The van der Waals surface area contributed by atoms with Crippen molar-refractivity contribution in [2.24, 2.45) is 0 Å². The summed E-state index contributed by atoms with van der Waals surface area (Å²) in [6.07, 6.45) is 4.72. The lowest BCUT2D eigenvalue weighted by molar-refractivity contribution is 0.440. The highest BCUT2D eigenvalue weighted by Gasteiger charge is 2.04. The molecule has 0 fully saturated rings. The molecule has 2 rings (SSSR count). The highest BCUT2D eigenvalue weighted by atomic mass is 16.5. The molecular formula is C17H23N3O. The van der Waals surface area contributed by atoms with Gasteiger partial charge in [-0.3, -0.25) is 0 Å². The Morgan fingerprint density at radius 2 is 1.76 bits per heavy atom. The summed E-state index contributed by atoms with van der Waals surface area (Å²) in [7, 11) is 0. The lowest BCUT2D eigenvalue weighted by atomic mass is 9.99. The van der Waals surface area contributed by atoms with E-state index in [1.165, 1.54) is 5.56 Å². The van der Waals surface area contributed by atoms with Crippen molar-refractivity contribution in [2.75, 3.05) is 6.54 Å². The van der Waals surface area contributed by atoms with Crippen LogP contribution in [0.25, 0.3) is 0 Å². The van der Waals surface area contributed by atoms with Gasteiger partial charge < -0.3 is 10.1 Å². The molecule has 0 aliphatic rings. The third-order valence-corrected chi connectivity index (χ3v) is 3.53. The lowest BCUT2D eigenvalue weighted by Gasteiger charge is -2.10. The summed E-state index contributed by atoms with van der Waals surface area (Å²) >= 11 is 0. The fraction of sp³-hybridized carbons (Fsp3) is 0.412. The summed E-state index contributed by atoms with van der Waals surface area (Å²) in [5, 5.41) is 3.24. The van der Waals surface area contributed by atoms with Gasteiger partial charge in [0.2, 0.25) is 0 Å². The van der Waals surface area contributed by atoms with E-state index in [0.29, 0.717) is 11.9 Å². The first kappa shape index (κ1) is 15.4. The van der Waals surface area contributed by atoms with Crippen molar-refractivity contribution in [3.05, 3.63) is 47.8 Å². The maximum Gasteiger partial charge on any atom is 0.321 e. The molecule has 21 heavy (non-hydrogen) atoms. The van der Waals surface area contributed by atoms with Crippen LogP contribution in [0, 0.1) is 0 Å². The number of ether oxygens (including phenoxy) is 1. The molecule has 0 saturated carbocycles. The van der Waals surface area contributed by atoms with Gasteiger partial charge in [-0.15, -0.1) is 0 Å². The Balaban J connectivity index is 1.97. The number of rotatable bonds is 7. The fourth-order valence-electron chi connectivity index (χ4n) is 1.96. The number of nitrogens with zero attached hydrogens (tertiary/aromatic N) is 2. The first-order chi connectivity index (χ1) is 10.2. The summed E-state index contributed by atoms with van der Waals surface area (Å²) in [5.41, 5.74) is 2.38. The van der Waals surface area contributed by atoms with Crippen LogP contribution >= 0.6 is 0 Å². The molecule has 2 aromatic rings. The van der Waals surface area contributed by atoms with Crippen molar-refractivity contribution in [1.82, 2.24) is 15.3 Å². The van der Waals surface area contributed by atoms with Crippen LogP contribution in [0.15, 0.2) is 36.7 Å². The van der Waals surface area contributed by atoms with E-state index in [9.17, 15) is 0 Å². The third kappa shape index (κ3) is 4.53. The molecule has 1 aromatic carbocycles. The minimum atomic E-state index is 0.381. The number of hydrogen-bond acceptors (Lipinski definition) is 4. The first-order valence-corrected chi connectivity index (χ1v) is 7.52. The van der Waals surface area contributed by atoms with E-state index in [1.807, 2.05) is 12.1 Å². The number of benzene rings is 1. The number of nitrogens with one attached hydrogen (secondary N) is 1. The molecular weight excluding hydrogens is 262 g/mol. The largest absolute Gasteiger partial charge is 0.424 e. The molecule has 1 N–H and O–H groups in total. The molecule has 1 aromatic heterocycles. The van der Waals surface area contributed by atoms with Crippen molar-refractivity contribution in [1.29, 1.82) is 0 Å². The van der Waals surface area contributed by atoms with Gasteiger partial charge in [0, 0.05) is 24.5 Å². The predicted octanol–water partition coefficient (Wildman–Crippen LogP) is 3.89. The topological polar surface area (TPSA) is 47.0 Å². The monoisotopic (exact) mass is 285 g/mol. The molecule has 0 bridgehead atoms. The van der Waals surface area contributed by atoms with Crippen LogP contribution in [0.5, 0.6) is 11.8 Å². The van der Waals surface area contributed by atoms with Crippen molar-refractivity contribution >= 4 is 0 Å². The highest BCUT2D eigenvalue weighted by Crippen LogP contribution is 2.23. The number of hydrogen-bond donors (Lipinski definition) is 1. The second-order valence-corrected chi connectivity index (χ2v) is 5.13. The zero-order chi connectivity index (χ0) is 15.1. The van der Waals surface area contributed by atoms with Gasteiger partial charge in [0.15, 0.2) is 0 Å². The Bertz CT molecular complexity index is 537. The van der Waals surface area contributed by atoms with Crippen LogP contribution in [0.2, 0.25) is 0 Å². The van der Waals surface area contributed by atoms with Gasteiger partial charge in [0.25, 0.3) is 0 Å². The van der Waals surface area contributed by atoms with Crippen LogP contribution in [-0.2, 0) is 6.54 Å². The Labute approximate surface area is 126 Å². The maximum absolute atomic E-state index is 5.66. The van der Waals surface area contributed by atoms with Crippen molar-refractivity contribution in [2.45, 2.75) is 39.7 Å². The van der Waals surface area contributed by atoms with Crippen molar-refractivity contribution in [3.8, 4) is 11.8 Å². The Morgan fingerprint density at radius 1 is 1.10 bits per heavy atom. The van der Waals surface area contributed by atoms with E-state index in [0.717, 1.165) is 30.8 Å². The van der Waals surface area contributed by atoms with Crippen LogP contribution in [0.1, 0.15) is 44.2 Å². The van der Waals surface area contributed by atoms with E-state index >= 15 is 0 Å². The van der Waals surface area contributed by atoms with Gasteiger partial charge in [-0.05, 0) is 36.6 Å². The molecule has 1 atom stereocenters. The zero-order valence-corrected chi connectivity index (χ0v) is 13.0. The molecule has 1 unspecified atom stereocenters. The van der Waals surface area contributed by atoms with Gasteiger partial charge in [0.1, 0.15) is 5.75 Å². The summed E-state index contributed by atoms with van der Waals surface area (Å²) < 4.78 is 5.66. The Morgan fingerprint density at radius 3 is 2.33 bits per heavy atom. The standard InChI is InChI=1S/C17H23N3O/c1-4-13(3)15-6-8-16(9-7-15)21-17-19-11-14(12-20-17)10-18-5-2/h6-9,11-13,18H,4-5,10H2,1-3H3. The predicted molar refractivity (Wildman–Crippen MR) is 84.6 cm³/mol. The molecule has 0 aliphatic heterocycles. The van der Waals surface area contributed by atoms with Gasteiger partial charge in [-0.1, -0.05) is 32.9 Å². The minimum absolute atomic E-state index is 0.381. The van der Waals surface area contributed by atoms with Gasteiger partial charge in [-0.25, -0.2) is 9.97 Å².